The number of hydrogen-bond acceptors (Lipinski definition) is 5. The molecule has 1 N–H and O–H groups in total. The van der Waals surface area contributed by atoms with Crippen molar-refractivity contribution >= 4 is 11.4 Å². The van der Waals surface area contributed by atoms with Crippen molar-refractivity contribution in [2.24, 2.45) is 0 Å². The molecule has 1 fully saturated rings. The number of nitrogens with zero attached hydrogens (tertiary/aromatic N) is 2. The van der Waals surface area contributed by atoms with Gasteiger partial charge in [0.25, 0.3) is 5.69 Å². The molecule has 1 saturated heterocycles. The minimum atomic E-state index is -0.377. The molecular formula is C13H19N3O3. The molecule has 0 aromatic heterocycles. The molecule has 0 bridgehead atoms. The van der Waals surface area contributed by atoms with E-state index in [4.69, 9.17) is 4.74 Å². The smallest absolute Gasteiger partial charge is 0.275 e. The number of hydrogen-bond donors (Lipinski definition) is 1. The SMILES string of the molecule is CCOc1cc(N2CCN[C@H](C)C2)cc([N+](=O)[O-])c1. The van der Waals surface area contributed by atoms with Crippen molar-refractivity contribution in [3.63, 3.8) is 0 Å². The van der Waals surface area contributed by atoms with E-state index in [9.17, 15) is 10.1 Å². The third-order valence-corrected chi connectivity index (χ3v) is 3.13. The minimum Gasteiger partial charge on any atom is -0.494 e. The Kier molecular flexibility index (Phi) is 4.21. The normalized spacial score (nSPS) is 19.3. The van der Waals surface area contributed by atoms with Gasteiger partial charge in [-0.05, 0) is 13.8 Å². The average Bonchev–Trinajstić information content (AvgIpc) is 2.38. The first kappa shape index (κ1) is 13.6. The largest absolute Gasteiger partial charge is 0.494 e. The summed E-state index contributed by atoms with van der Waals surface area (Å²) in [5.41, 5.74) is 0.929. The maximum absolute atomic E-state index is 11.0. The van der Waals surface area contributed by atoms with Crippen LogP contribution in [0.2, 0.25) is 0 Å². The second-order valence-electron chi connectivity index (χ2n) is 4.68. The molecule has 1 heterocycles. The van der Waals surface area contributed by atoms with E-state index in [1.165, 1.54) is 6.07 Å². The lowest BCUT2D eigenvalue weighted by atomic mass is 10.2. The summed E-state index contributed by atoms with van der Waals surface area (Å²) in [6, 6.07) is 5.33. The summed E-state index contributed by atoms with van der Waals surface area (Å²) < 4.78 is 5.41. The molecule has 6 nitrogen and oxygen atoms in total. The molecule has 0 amide bonds. The number of ether oxygens (including phenoxy) is 1. The van der Waals surface area contributed by atoms with Gasteiger partial charge in [-0.2, -0.15) is 0 Å². The van der Waals surface area contributed by atoms with Gasteiger partial charge >= 0.3 is 0 Å². The number of benzene rings is 1. The second-order valence-corrected chi connectivity index (χ2v) is 4.68. The molecular weight excluding hydrogens is 246 g/mol. The van der Waals surface area contributed by atoms with Crippen LogP contribution in [-0.2, 0) is 0 Å². The predicted molar refractivity (Wildman–Crippen MR) is 73.9 cm³/mol. The Bertz CT molecular complexity index is 464. The Morgan fingerprint density at radius 2 is 2.32 bits per heavy atom. The summed E-state index contributed by atoms with van der Waals surface area (Å²) in [6.45, 7) is 7.04. The van der Waals surface area contributed by atoms with E-state index in [0.717, 1.165) is 25.3 Å². The van der Waals surface area contributed by atoms with E-state index in [1.54, 1.807) is 6.07 Å². The van der Waals surface area contributed by atoms with Crippen LogP contribution >= 0.6 is 0 Å². The van der Waals surface area contributed by atoms with Crippen LogP contribution in [0.5, 0.6) is 5.75 Å². The highest BCUT2D eigenvalue weighted by atomic mass is 16.6. The Labute approximate surface area is 112 Å². The van der Waals surface area contributed by atoms with Crippen molar-refractivity contribution in [2.75, 3.05) is 31.1 Å². The lowest BCUT2D eigenvalue weighted by molar-refractivity contribution is -0.384. The third kappa shape index (κ3) is 3.35. The maximum atomic E-state index is 11.0. The van der Waals surface area contributed by atoms with E-state index in [0.29, 0.717) is 18.4 Å². The highest BCUT2D eigenvalue weighted by Crippen LogP contribution is 2.29. The third-order valence-electron chi connectivity index (χ3n) is 3.13. The Morgan fingerprint density at radius 1 is 1.53 bits per heavy atom. The van der Waals surface area contributed by atoms with Gasteiger partial charge in [0.1, 0.15) is 5.75 Å². The standard InChI is InChI=1S/C13H19N3O3/c1-3-19-13-7-11(6-12(8-13)16(17)18)15-5-4-14-10(2)9-15/h6-8,10,14H,3-5,9H2,1-2H3/t10-/m1/s1. The molecule has 6 heteroatoms. The summed E-state index contributed by atoms with van der Waals surface area (Å²) >= 11 is 0. The predicted octanol–water partition coefficient (Wildman–Crippen LogP) is 1.79. The highest BCUT2D eigenvalue weighted by molar-refractivity contribution is 5.58. The zero-order valence-corrected chi connectivity index (χ0v) is 11.3. The number of nitrogens with one attached hydrogen (secondary N) is 1. The van der Waals surface area contributed by atoms with Crippen LogP contribution in [0.25, 0.3) is 0 Å². The van der Waals surface area contributed by atoms with E-state index >= 15 is 0 Å². The monoisotopic (exact) mass is 265 g/mol. The van der Waals surface area contributed by atoms with Crippen LogP contribution in [-0.4, -0.2) is 37.2 Å². The van der Waals surface area contributed by atoms with Gasteiger partial charge in [-0.1, -0.05) is 0 Å². The maximum Gasteiger partial charge on any atom is 0.275 e. The van der Waals surface area contributed by atoms with Crippen LogP contribution in [0, 0.1) is 10.1 Å². The first-order valence-corrected chi connectivity index (χ1v) is 6.50. The molecule has 0 radical (unpaired) electrons. The van der Waals surface area contributed by atoms with E-state index in [-0.39, 0.29) is 10.6 Å². The van der Waals surface area contributed by atoms with E-state index in [1.807, 2.05) is 13.0 Å². The molecule has 104 valence electrons. The molecule has 1 aliphatic rings. The number of nitro benzene ring substituents is 1. The minimum absolute atomic E-state index is 0.0761. The van der Waals surface area contributed by atoms with Gasteiger partial charge in [0, 0.05) is 43.5 Å². The molecule has 19 heavy (non-hydrogen) atoms. The van der Waals surface area contributed by atoms with Crippen LogP contribution in [0.1, 0.15) is 13.8 Å². The van der Waals surface area contributed by atoms with Crippen molar-refractivity contribution in [3.05, 3.63) is 28.3 Å². The van der Waals surface area contributed by atoms with Gasteiger partial charge in [0.2, 0.25) is 0 Å². The summed E-state index contributed by atoms with van der Waals surface area (Å²) in [6.07, 6.45) is 0. The fourth-order valence-electron chi connectivity index (χ4n) is 2.27. The number of non-ortho nitro benzene ring substituents is 1. The molecule has 0 unspecified atom stereocenters. The summed E-state index contributed by atoms with van der Waals surface area (Å²) in [4.78, 5) is 12.7. The molecule has 1 atom stereocenters. The molecule has 1 aromatic carbocycles. The average molecular weight is 265 g/mol. The second kappa shape index (κ2) is 5.88. The number of piperazine rings is 1. The highest BCUT2D eigenvalue weighted by Gasteiger charge is 2.19. The lowest BCUT2D eigenvalue weighted by Crippen LogP contribution is -2.49. The number of rotatable bonds is 4. The van der Waals surface area contributed by atoms with Crippen LogP contribution in [0.15, 0.2) is 18.2 Å². The molecule has 1 aliphatic heterocycles. The fourth-order valence-corrected chi connectivity index (χ4v) is 2.27. The van der Waals surface area contributed by atoms with Gasteiger partial charge in [0.05, 0.1) is 17.6 Å². The number of nitro groups is 1. The molecule has 0 spiro atoms. The van der Waals surface area contributed by atoms with Gasteiger partial charge < -0.3 is 15.0 Å². The zero-order chi connectivity index (χ0) is 13.8. The van der Waals surface area contributed by atoms with Crippen molar-refractivity contribution in [1.29, 1.82) is 0 Å². The Hall–Kier alpha value is -1.82. The zero-order valence-electron chi connectivity index (χ0n) is 11.3. The quantitative estimate of drug-likeness (QED) is 0.664. The van der Waals surface area contributed by atoms with Crippen LogP contribution in [0.4, 0.5) is 11.4 Å². The van der Waals surface area contributed by atoms with Crippen molar-refractivity contribution in [3.8, 4) is 5.75 Å². The first-order valence-electron chi connectivity index (χ1n) is 6.50. The summed E-state index contributed by atoms with van der Waals surface area (Å²) in [5, 5.41) is 14.3. The van der Waals surface area contributed by atoms with Crippen molar-refractivity contribution in [1.82, 2.24) is 5.32 Å². The number of anilines is 1. The Balaban J connectivity index is 2.29. The molecule has 1 aromatic rings. The fraction of sp³-hybridized carbons (Fsp3) is 0.538. The van der Waals surface area contributed by atoms with Gasteiger partial charge in [-0.15, -0.1) is 0 Å². The van der Waals surface area contributed by atoms with Gasteiger partial charge in [0.15, 0.2) is 0 Å². The van der Waals surface area contributed by atoms with Crippen LogP contribution in [0.3, 0.4) is 0 Å². The summed E-state index contributed by atoms with van der Waals surface area (Å²) in [7, 11) is 0. The van der Waals surface area contributed by atoms with Gasteiger partial charge in [-0.3, -0.25) is 10.1 Å². The molecule has 0 aliphatic carbocycles. The molecule has 2 rings (SSSR count). The molecule has 0 saturated carbocycles. The van der Waals surface area contributed by atoms with E-state index in [2.05, 4.69) is 17.1 Å². The summed E-state index contributed by atoms with van der Waals surface area (Å²) in [5.74, 6) is 0.554. The topological polar surface area (TPSA) is 67.6 Å². The first-order chi connectivity index (χ1) is 9.10. The van der Waals surface area contributed by atoms with Crippen molar-refractivity contribution in [2.45, 2.75) is 19.9 Å². The van der Waals surface area contributed by atoms with E-state index < -0.39 is 0 Å². The van der Waals surface area contributed by atoms with Gasteiger partial charge in [-0.25, -0.2) is 0 Å². The lowest BCUT2D eigenvalue weighted by Gasteiger charge is -2.33. The van der Waals surface area contributed by atoms with Crippen molar-refractivity contribution < 1.29 is 9.66 Å². The van der Waals surface area contributed by atoms with Crippen LogP contribution < -0.4 is 15.0 Å². The Morgan fingerprint density at radius 3 is 2.95 bits per heavy atom.